The van der Waals surface area contributed by atoms with Crippen LogP contribution in [0.25, 0.3) is 6.08 Å². The molecule has 0 spiro atoms. The molecule has 1 aromatic carbocycles. The molecule has 18 heavy (non-hydrogen) atoms. The second-order valence-corrected chi connectivity index (χ2v) is 4.83. The summed E-state index contributed by atoms with van der Waals surface area (Å²) in [5.41, 5.74) is 1.08. The predicted molar refractivity (Wildman–Crippen MR) is 75.1 cm³/mol. The summed E-state index contributed by atoms with van der Waals surface area (Å²) in [5, 5.41) is 0. The highest BCUT2D eigenvalue weighted by Gasteiger charge is 2.23. The van der Waals surface area contributed by atoms with E-state index in [0.29, 0.717) is 6.04 Å². The van der Waals surface area contributed by atoms with E-state index in [2.05, 4.69) is 6.92 Å². The molecule has 2 rings (SSSR count). The van der Waals surface area contributed by atoms with Gasteiger partial charge in [0.1, 0.15) is 0 Å². The van der Waals surface area contributed by atoms with Gasteiger partial charge in [0.2, 0.25) is 5.91 Å². The van der Waals surface area contributed by atoms with Crippen LogP contribution in [0.2, 0.25) is 0 Å². The van der Waals surface area contributed by atoms with Crippen LogP contribution in [0.15, 0.2) is 36.4 Å². The van der Waals surface area contributed by atoms with E-state index in [0.717, 1.165) is 31.4 Å². The average molecular weight is 243 g/mol. The SMILES string of the molecule is CCC1CCCCN1C(=O)C=Cc1ccccc1. The second-order valence-electron chi connectivity index (χ2n) is 4.83. The van der Waals surface area contributed by atoms with E-state index in [1.807, 2.05) is 41.3 Å². The van der Waals surface area contributed by atoms with E-state index in [9.17, 15) is 4.79 Å². The Balaban J connectivity index is 2.00. The van der Waals surface area contributed by atoms with Gasteiger partial charge in [-0.2, -0.15) is 0 Å². The molecule has 0 aliphatic carbocycles. The molecule has 0 bridgehead atoms. The largest absolute Gasteiger partial charge is 0.336 e. The number of amides is 1. The molecule has 1 amide bonds. The number of hydrogen-bond donors (Lipinski definition) is 0. The van der Waals surface area contributed by atoms with Crippen LogP contribution < -0.4 is 0 Å². The lowest BCUT2D eigenvalue weighted by atomic mass is 10.00. The summed E-state index contributed by atoms with van der Waals surface area (Å²) in [6.07, 6.45) is 8.23. The molecule has 1 aromatic rings. The Bertz CT molecular complexity index is 410. The lowest BCUT2D eigenvalue weighted by Gasteiger charge is -2.34. The highest BCUT2D eigenvalue weighted by atomic mass is 16.2. The van der Waals surface area contributed by atoms with E-state index in [4.69, 9.17) is 0 Å². The molecule has 0 aromatic heterocycles. The monoisotopic (exact) mass is 243 g/mol. The van der Waals surface area contributed by atoms with Crippen LogP contribution in [0.4, 0.5) is 0 Å². The van der Waals surface area contributed by atoms with Gasteiger partial charge >= 0.3 is 0 Å². The van der Waals surface area contributed by atoms with Crippen molar-refractivity contribution in [1.82, 2.24) is 4.90 Å². The predicted octanol–water partition coefficient (Wildman–Crippen LogP) is 3.49. The van der Waals surface area contributed by atoms with Crippen LogP contribution in [0.5, 0.6) is 0 Å². The highest BCUT2D eigenvalue weighted by molar-refractivity contribution is 5.92. The average Bonchev–Trinajstić information content (AvgIpc) is 2.45. The van der Waals surface area contributed by atoms with Gasteiger partial charge in [-0.15, -0.1) is 0 Å². The molecule has 1 heterocycles. The molecule has 1 aliphatic heterocycles. The number of carbonyl (C=O) groups excluding carboxylic acids is 1. The Morgan fingerprint density at radius 2 is 2.11 bits per heavy atom. The maximum atomic E-state index is 12.2. The summed E-state index contributed by atoms with van der Waals surface area (Å²) in [5.74, 6) is 0.158. The number of hydrogen-bond acceptors (Lipinski definition) is 1. The van der Waals surface area contributed by atoms with Gasteiger partial charge in [0.05, 0.1) is 0 Å². The Kier molecular flexibility index (Phi) is 4.57. The minimum absolute atomic E-state index is 0.158. The molecule has 96 valence electrons. The molecule has 1 atom stereocenters. The van der Waals surface area contributed by atoms with Crippen molar-refractivity contribution in [1.29, 1.82) is 0 Å². The Hall–Kier alpha value is -1.57. The first-order chi connectivity index (χ1) is 8.81. The fourth-order valence-electron chi connectivity index (χ4n) is 2.54. The molecule has 2 heteroatoms. The van der Waals surface area contributed by atoms with Gasteiger partial charge in [-0.3, -0.25) is 4.79 Å². The molecular weight excluding hydrogens is 222 g/mol. The number of benzene rings is 1. The van der Waals surface area contributed by atoms with Crippen LogP contribution in [0.3, 0.4) is 0 Å². The van der Waals surface area contributed by atoms with Gasteiger partial charge in [0, 0.05) is 18.7 Å². The molecule has 0 N–H and O–H groups in total. The normalized spacial score (nSPS) is 20.3. The smallest absolute Gasteiger partial charge is 0.246 e. The van der Waals surface area contributed by atoms with Gasteiger partial charge in [-0.25, -0.2) is 0 Å². The maximum Gasteiger partial charge on any atom is 0.246 e. The van der Waals surface area contributed by atoms with Crippen LogP contribution in [-0.2, 0) is 4.79 Å². The van der Waals surface area contributed by atoms with Crippen LogP contribution in [0, 0.1) is 0 Å². The summed E-state index contributed by atoms with van der Waals surface area (Å²) < 4.78 is 0. The van der Waals surface area contributed by atoms with Gasteiger partial charge < -0.3 is 4.90 Å². The number of likely N-dealkylation sites (tertiary alicyclic amines) is 1. The van der Waals surface area contributed by atoms with E-state index < -0.39 is 0 Å². The Morgan fingerprint density at radius 1 is 1.33 bits per heavy atom. The van der Waals surface area contributed by atoms with E-state index in [1.54, 1.807) is 6.08 Å². The first kappa shape index (κ1) is 12.9. The molecule has 0 saturated carbocycles. The third kappa shape index (κ3) is 3.22. The fourth-order valence-corrected chi connectivity index (χ4v) is 2.54. The van der Waals surface area contributed by atoms with Crippen LogP contribution in [0.1, 0.15) is 38.2 Å². The number of piperidine rings is 1. The van der Waals surface area contributed by atoms with Crippen molar-refractivity contribution >= 4 is 12.0 Å². The molecule has 0 radical (unpaired) electrons. The minimum Gasteiger partial charge on any atom is -0.336 e. The Morgan fingerprint density at radius 3 is 2.83 bits per heavy atom. The third-order valence-corrected chi connectivity index (χ3v) is 3.60. The number of carbonyl (C=O) groups is 1. The number of nitrogens with zero attached hydrogens (tertiary/aromatic N) is 1. The second kappa shape index (κ2) is 6.39. The lowest BCUT2D eigenvalue weighted by Crippen LogP contribution is -2.42. The zero-order valence-corrected chi connectivity index (χ0v) is 11.0. The topological polar surface area (TPSA) is 20.3 Å². The summed E-state index contributed by atoms with van der Waals surface area (Å²) in [6.45, 7) is 3.08. The van der Waals surface area contributed by atoms with Crippen molar-refractivity contribution < 1.29 is 4.79 Å². The van der Waals surface area contributed by atoms with Gasteiger partial charge in [0.15, 0.2) is 0 Å². The van der Waals surface area contributed by atoms with Crippen molar-refractivity contribution in [2.75, 3.05) is 6.54 Å². The fraction of sp³-hybridized carbons (Fsp3) is 0.438. The zero-order valence-electron chi connectivity index (χ0n) is 11.0. The van der Waals surface area contributed by atoms with Crippen molar-refractivity contribution in [3.63, 3.8) is 0 Å². The standard InChI is InChI=1S/C16H21NO/c1-2-15-10-6-7-13-17(15)16(18)12-11-14-8-4-3-5-9-14/h3-5,8-9,11-12,15H,2,6-7,10,13H2,1H3. The number of rotatable bonds is 3. The molecule has 1 fully saturated rings. The lowest BCUT2D eigenvalue weighted by molar-refractivity contribution is -0.129. The zero-order chi connectivity index (χ0) is 12.8. The van der Waals surface area contributed by atoms with Crippen LogP contribution >= 0.6 is 0 Å². The Labute approximate surface area is 109 Å². The van der Waals surface area contributed by atoms with Crippen molar-refractivity contribution in [3.05, 3.63) is 42.0 Å². The summed E-state index contributed by atoms with van der Waals surface area (Å²) in [4.78, 5) is 14.2. The molecule has 1 unspecified atom stereocenters. The van der Waals surface area contributed by atoms with Crippen molar-refractivity contribution in [2.45, 2.75) is 38.6 Å². The summed E-state index contributed by atoms with van der Waals surface area (Å²) in [6, 6.07) is 10.4. The molecule has 1 aliphatic rings. The quantitative estimate of drug-likeness (QED) is 0.744. The third-order valence-electron chi connectivity index (χ3n) is 3.60. The minimum atomic E-state index is 0.158. The van der Waals surface area contributed by atoms with E-state index >= 15 is 0 Å². The van der Waals surface area contributed by atoms with Gasteiger partial charge in [-0.1, -0.05) is 37.3 Å². The molecule has 2 nitrogen and oxygen atoms in total. The molecule has 1 saturated heterocycles. The summed E-state index contributed by atoms with van der Waals surface area (Å²) >= 11 is 0. The molecular formula is C16H21NO. The van der Waals surface area contributed by atoms with Crippen LogP contribution in [-0.4, -0.2) is 23.4 Å². The van der Waals surface area contributed by atoms with E-state index in [-0.39, 0.29) is 5.91 Å². The van der Waals surface area contributed by atoms with Crippen molar-refractivity contribution in [2.24, 2.45) is 0 Å². The first-order valence-corrected chi connectivity index (χ1v) is 6.85. The van der Waals surface area contributed by atoms with E-state index in [1.165, 1.54) is 6.42 Å². The maximum absolute atomic E-state index is 12.2. The summed E-state index contributed by atoms with van der Waals surface area (Å²) in [7, 11) is 0. The van der Waals surface area contributed by atoms with Gasteiger partial charge in [0.25, 0.3) is 0 Å². The first-order valence-electron chi connectivity index (χ1n) is 6.85. The highest BCUT2D eigenvalue weighted by Crippen LogP contribution is 2.19. The van der Waals surface area contributed by atoms with Gasteiger partial charge in [-0.05, 0) is 37.3 Å². The van der Waals surface area contributed by atoms with Crippen molar-refractivity contribution in [3.8, 4) is 0 Å².